The molecule has 20 heavy (non-hydrogen) atoms. The summed E-state index contributed by atoms with van der Waals surface area (Å²) in [6.07, 6.45) is 0. The van der Waals surface area contributed by atoms with E-state index < -0.39 is 0 Å². The van der Waals surface area contributed by atoms with Crippen LogP contribution < -0.4 is 10.2 Å². The van der Waals surface area contributed by atoms with Crippen molar-refractivity contribution in [2.24, 2.45) is 0 Å². The molecule has 0 unspecified atom stereocenters. The Bertz CT molecular complexity index is 825. The van der Waals surface area contributed by atoms with Crippen LogP contribution in [0.4, 0.5) is 0 Å². The maximum atomic E-state index is 12.2. The molecule has 100 valence electrons. The molecule has 3 nitrogen and oxygen atoms in total. The Morgan fingerprint density at radius 1 is 1.10 bits per heavy atom. The van der Waals surface area contributed by atoms with Gasteiger partial charge in [0.25, 0.3) is 0 Å². The Hall–Kier alpha value is -2.26. The van der Waals surface area contributed by atoms with Gasteiger partial charge < -0.3 is 9.72 Å². The second kappa shape index (κ2) is 5.02. The SMILES string of the molecule is COc1cc2[nH]c(-c3ccccc3)cc(=O)c2cc1Cl. The van der Waals surface area contributed by atoms with Crippen molar-refractivity contribution in [1.82, 2.24) is 4.98 Å². The third kappa shape index (κ3) is 2.17. The molecule has 3 aromatic rings. The van der Waals surface area contributed by atoms with Gasteiger partial charge >= 0.3 is 0 Å². The molecule has 0 bridgehead atoms. The number of methoxy groups -OCH3 is 1. The van der Waals surface area contributed by atoms with Crippen molar-refractivity contribution in [2.75, 3.05) is 7.11 Å². The van der Waals surface area contributed by atoms with Crippen molar-refractivity contribution in [3.05, 3.63) is 63.8 Å². The van der Waals surface area contributed by atoms with Crippen LogP contribution in [0.25, 0.3) is 22.2 Å². The van der Waals surface area contributed by atoms with Gasteiger partial charge in [-0.05, 0) is 11.6 Å². The summed E-state index contributed by atoms with van der Waals surface area (Å²) in [5.74, 6) is 0.542. The summed E-state index contributed by atoms with van der Waals surface area (Å²) in [4.78, 5) is 15.5. The topological polar surface area (TPSA) is 42.1 Å². The summed E-state index contributed by atoms with van der Waals surface area (Å²) >= 11 is 6.05. The lowest BCUT2D eigenvalue weighted by atomic mass is 10.1. The van der Waals surface area contributed by atoms with Gasteiger partial charge in [-0.3, -0.25) is 4.79 Å². The Balaban J connectivity index is 2.28. The summed E-state index contributed by atoms with van der Waals surface area (Å²) in [6, 6.07) is 14.6. The van der Waals surface area contributed by atoms with E-state index in [-0.39, 0.29) is 5.43 Å². The van der Waals surface area contributed by atoms with Crippen LogP contribution in [0.1, 0.15) is 0 Å². The molecule has 1 aromatic heterocycles. The van der Waals surface area contributed by atoms with Crippen molar-refractivity contribution in [1.29, 1.82) is 0 Å². The molecular weight excluding hydrogens is 274 g/mol. The van der Waals surface area contributed by atoms with E-state index in [2.05, 4.69) is 4.98 Å². The van der Waals surface area contributed by atoms with E-state index >= 15 is 0 Å². The van der Waals surface area contributed by atoms with Crippen molar-refractivity contribution >= 4 is 22.5 Å². The van der Waals surface area contributed by atoms with Crippen LogP contribution in [-0.2, 0) is 0 Å². The summed E-state index contributed by atoms with van der Waals surface area (Å²) in [5.41, 5.74) is 2.37. The monoisotopic (exact) mass is 285 g/mol. The van der Waals surface area contributed by atoms with E-state index in [9.17, 15) is 4.79 Å². The quantitative estimate of drug-likeness (QED) is 0.777. The molecule has 0 aliphatic rings. The third-order valence-corrected chi connectivity index (χ3v) is 3.48. The molecule has 0 aliphatic heterocycles. The minimum atomic E-state index is -0.0674. The Kier molecular flexibility index (Phi) is 3.20. The predicted octanol–water partition coefficient (Wildman–Crippen LogP) is 3.86. The zero-order valence-electron chi connectivity index (χ0n) is 10.8. The van der Waals surface area contributed by atoms with Gasteiger partial charge in [-0.2, -0.15) is 0 Å². The van der Waals surface area contributed by atoms with Crippen LogP contribution in [-0.4, -0.2) is 12.1 Å². The Labute approximate surface area is 120 Å². The van der Waals surface area contributed by atoms with E-state index in [0.29, 0.717) is 21.7 Å². The van der Waals surface area contributed by atoms with Crippen molar-refractivity contribution < 1.29 is 4.74 Å². The molecule has 0 fully saturated rings. The molecule has 0 saturated heterocycles. The zero-order valence-corrected chi connectivity index (χ0v) is 11.6. The van der Waals surface area contributed by atoms with E-state index in [1.807, 2.05) is 30.3 Å². The lowest BCUT2D eigenvalue weighted by Crippen LogP contribution is -2.03. The Morgan fingerprint density at radius 3 is 2.55 bits per heavy atom. The van der Waals surface area contributed by atoms with Crippen LogP contribution >= 0.6 is 11.6 Å². The molecule has 0 saturated carbocycles. The summed E-state index contributed by atoms with van der Waals surface area (Å²) in [7, 11) is 1.55. The second-order valence-electron chi connectivity index (χ2n) is 4.45. The van der Waals surface area contributed by atoms with Gasteiger partial charge in [-0.15, -0.1) is 0 Å². The normalized spacial score (nSPS) is 10.7. The number of benzene rings is 2. The van der Waals surface area contributed by atoms with Gasteiger partial charge in [0.05, 0.1) is 17.6 Å². The number of hydrogen-bond donors (Lipinski definition) is 1. The van der Waals surface area contributed by atoms with Gasteiger partial charge in [0, 0.05) is 23.2 Å². The molecular formula is C16H12ClNO2. The molecule has 1 N–H and O–H groups in total. The highest BCUT2D eigenvalue weighted by Crippen LogP contribution is 2.28. The number of aromatic amines is 1. The maximum Gasteiger partial charge on any atom is 0.190 e. The van der Waals surface area contributed by atoms with Gasteiger partial charge in [-0.1, -0.05) is 41.9 Å². The second-order valence-corrected chi connectivity index (χ2v) is 4.85. The first-order chi connectivity index (χ1) is 9.69. The van der Waals surface area contributed by atoms with Gasteiger partial charge in [0.1, 0.15) is 5.75 Å². The standard InChI is InChI=1S/C16H12ClNO2/c1-20-16-9-14-11(7-12(16)17)15(19)8-13(18-14)10-5-3-2-4-6-10/h2-9H,1H3,(H,18,19). The molecule has 0 radical (unpaired) electrons. The number of pyridine rings is 1. The van der Waals surface area contributed by atoms with Crippen molar-refractivity contribution in [3.63, 3.8) is 0 Å². The largest absolute Gasteiger partial charge is 0.495 e. The summed E-state index contributed by atoms with van der Waals surface area (Å²) in [6.45, 7) is 0. The summed E-state index contributed by atoms with van der Waals surface area (Å²) in [5, 5.41) is 0.980. The lowest BCUT2D eigenvalue weighted by Gasteiger charge is -2.08. The van der Waals surface area contributed by atoms with Crippen LogP contribution in [0, 0.1) is 0 Å². The number of fused-ring (bicyclic) bond motifs is 1. The van der Waals surface area contributed by atoms with Gasteiger partial charge in [0.15, 0.2) is 5.43 Å². The first-order valence-corrected chi connectivity index (χ1v) is 6.53. The highest BCUT2D eigenvalue weighted by Gasteiger charge is 2.08. The van der Waals surface area contributed by atoms with E-state index in [4.69, 9.17) is 16.3 Å². The zero-order chi connectivity index (χ0) is 14.1. The highest BCUT2D eigenvalue weighted by atomic mass is 35.5. The van der Waals surface area contributed by atoms with Crippen molar-refractivity contribution in [2.45, 2.75) is 0 Å². The third-order valence-electron chi connectivity index (χ3n) is 3.19. The molecule has 1 heterocycles. The average molecular weight is 286 g/mol. The smallest absolute Gasteiger partial charge is 0.190 e. The summed E-state index contributed by atoms with van der Waals surface area (Å²) < 4.78 is 5.18. The number of aromatic nitrogens is 1. The van der Waals surface area contributed by atoms with Gasteiger partial charge in [-0.25, -0.2) is 0 Å². The van der Waals surface area contributed by atoms with E-state index in [1.54, 1.807) is 25.3 Å². The number of rotatable bonds is 2. The molecule has 0 aliphatic carbocycles. The molecule has 4 heteroatoms. The van der Waals surface area contributed by atoms with Crippen LogP contribution in [0.15, 0.2) is 53.3 Å². The van der Waals surface area contributed by atoms with Crippen LogP contribution in [0.5, 0.6) is 5.75 Å². The molecule has 0 atom stereocenters. The van der Waals surface area contributed by atoms with E-state index in [1.165, 1.54) is 0 Å². The fourth-order valence-electron chi connectivity index (χ4n) is 2.18. The van der Waals surface area contributed by atoms with Crippen LogP contribution in [0.2, 0.25) is 5.02 Å². The number of nitrogens with one attached hydrogen (secondary N) is 1. The van der Waals surface area contributed by atoms with E-state index in [0.717, 1.165) is 11.3 Å². The first kappa shape index (κ1) is 12.8. The predicted molar refractivity (Wildman–Crippen MR) is 81.6 cm³/mol. The number of H-pyrrole nitrogens is 1. The number of hydrogen-bond acceptors (Lipinski definition) is 2. The lowest BCUT2D eigenvalue weighted by molar-refractivity contribution is 0.415. The molecule has 0 amide bonds. The van der Waals surface area contributed by atoms with Crippen molar-refractivity contribution in [3.8, 4) is 17.0 Å². The van der Waals surface area contributed by atoms with Gasteiger partial charge in [0.2, 0.25) is 0 Å². The molecule has 3 rings (SSSR count). The fourth-order valence-corrected chi connectivity index (χ4v) is 2.42. The highest BCUT2D eigenvalue weighted by molar-refractivity contribution is 6.32. The number of ether oxygens (including phenoxy) is 1. The molecule has 2 aromatic carbocycles. The molecule has 0 spiro atoms. The minimum Gasteiger partial charge on any atom is -0.495 e. The maximum absolute atomic E-state index is 12.2. The minimum absolute atomic E-state index is 0.0674. The fraction of sp³-hybridized carbons (Fsp3) is 0.0625. The average Bonchev–Trinajstić information content (AvgIpc) is 2.48. The van der Waals surface area contributed by atoms with Crippen LogP contribution in [0.3, 0.4) is 0 Å². The first-order valence-electron chi connectivity index (χ1n) is 6.15. The number of halogens is 1. The Morgan fingerprint density at radius 2 is 1.85 bits per heavy atom.